The minimum atomic E-state index is -0.908. The minimum Gasteiger partial charge on any atom is -0.386 e. The number of hydrogen-bond donors (Lipinski definition) is 2. The molecule has 0 aromatic carbocycles. The lowest BCUT2D eigenvalue weighted by Gasteiger charge is -2.20. The van der Waals surface area contributed by atoms with Crippen LogP contribution in [0.25, 0.3) is 0 Å². The molecule has 1 unspecified atom stereocenters. The molecule has 0 bridgehead atoms. The van der Waals surface area contributed by atoms with Crippen LogP contribution in [0.15, 0.2) is 5.51 Å². The lowest BCUT2D eigenvalue weighted by atomic mass is 10.0. The zero-order valence-electron chi connectivity index (χ0n) is 9.02. The number of nitrogens with zero attached hydrogens (tertiary/aromatic N) is 1. The number of carbonyl (C=O) groups is 1. The SMILES string of the molecule is Cc1ncsc1C(=O)NCC1(O)CCOC1. The van der Waals surface area contributed by atoms with Crippen molar-refractivity contribution in [2.45, 2.75) is 18.9 Å². The molecule has 5 nitrogen and oxygen atoms in total. The van der Waals surface area contributed by atoms with Gasteiger partial charge in [-0.2, -0.15) is 0 Å². The van der Waals surface area contributed by atoms with Gasteiger partial charge in [0.25, 0.3) is 5.91 Å². The van der Waals surface area contributed by atoms with Gasteiger partial charge in [-0.05, 0) is 6.92 Å². The average molecular weight is 242 g/mol. The van der Waals surface area contributed by atoms with E-state index in [0.717, 1.165) is 5.69 Å². The zero-order chi connectivity index (χ0) is 11.6. The maximum atomic E-state index is 11.7. The van der Waals surface area contributed by atoms with Gasteiger partial charge in [-0.15, -0.1) is 11.3 Å². The molecule has 0 radical (unpaired) electrons. The van der Waals surface area contributed by atoms with Crippen molar-refractivity contribution in [2.75, 3.05) is 19.8 Å². The average Bonchev–Trinajstić information content (AvgIpc) is 2.85. The largest absolute Gasteiger partial charge is 0.386 e. The smallest absolute Gasteiger partial charge is 0.263 e. The third-order valence-electron chi connectivity index (χ3n) is 2.61. The van der Waals surface area contributed by atoms with Gasteiger partial charge in [0, 0.05) is 19.6 Å². The molecular formula is C10H14N2O3S. The third kappa shape index (κ3) is 2.40. The number of carbonyl (C=O) groups excluding carboxylic acids is 1. The molecule has 1 aliphatic heterocycles. The van der Waals surface area contributed by atoms with Crippen LogP contribution in [-0.4, -0.2) is 41.4 Å². The Morgan fingerprint density at radius 2 is 2.62 bits per heavy atom. The first-order valence-corrected chi connectivity index (χ1v) is 5.97. The summed E-state index contributed by atoms with van der Waals surface area (Å²) in [6.45, 7) is 2.85. The summed E-state index contributed by atoms with van der Waals surface area (Å²) >= 11 is 1.30. The number of ether oxygens (including phenoxy) is 1. The lowest BCUT2D eigenvalue weighted by molar-refractivity contribution is 0.0265. The molecule has 1 amide bonds. The minimum absolute atomic E-state index is 0.180. The van der Waals surface area contributed by atoms with Gasteiger partial charge in [-0.3, -0.25) is 4.79 Å². The Morgan fingerprint density at radius 1 is 1.81 bits per heavy atom. The Kier molecular flexibility index (Phi) is 3.22. The number of amides is 1. The van der Waals surface area contributed by atoms with E-state index >= 15 is 0 Å². The quantitative estimate of drug-likeness (QED) is 0.801. The molecule has 0 aliphatic carbocycles. The van der Waals surface area contributed by atoms with Gasteiger partial charge < -0.3 is 15.2 Å². The number of hydrogen-bond acceptors (Lipinski definition) is 5. The Labute approximate surface area is 97.5 Å². The Hall–Kier alpha value is -0.980. The summed E-state index contributed by atoms with van der Waals surface area (Å²) in [5, 5.41) is 12.7. The topological polar surface area (TPSA) is 71.5 Å². The molecule has 1 aliphatic rings. The predicted octanol–water partition coefficient (Wildman–Crippen LogP) is 0.333. The van der Waals surface area contributed by atoms with Crippen LogP contribution in [-0.2, 0) is 4.74 Å². The molecule has 2 rings (SSSR count). The van der Waals surface area contributed by atoms with Crippen molar-refractivity contribution < 1.29 is 14.6 Å². The highest BCUT2D eigenvalue weighted by atomic mass is 32.1. The second-order valence-electron chi connectivity index (χ2n) is 3.98. The summed E-state index contributed by atoms with van der Waals surface area (Å²) in [6.07, 6.45) is 0.564. The van der Waals surface area contributed by atoms with Gasteiger partial charge in [0.2, 0.25) is 0 Å². The normalized spacial score (nSPS) is 24.6. The van der Waals surface area contributed by atoms with Crippen molar-refractivity contribution in [1.29, 1.82) is 0 Å². The van der Waals surface area contributed by atoms with Crippen LogP contribution in [0.3, 0.4) is 0 Å². The van der Waals surface area contributed by atoms with E-state index in [-0.39, 0.29) is 19.1 Å². The van der Waals surface area contributed by atoms with E-state index in [2.05, 4.69) is 10.3 Å². The van der Waals surface area contributed by atoms with Crippen molar-refractivity contribution in [3.05, 3.63) is 16.1 Å². The number of aryl methyl sites for hydroxylation is 1. The number of nitrogens with one attached hydrogen (secondary N) is 1. The Bertz CT molecular complexity index is 385. The summed E-state index contributed by atoms with van der Waals surface area (Å²) in [6, 6.07) is 0. The van der Waals surface area contributed by atoms with Crippen molar-refractivity contribution in [2.24, 2.45) is 0 Å². The molecule has 1 atom stereocenters. The maximum absolute atomic E-state index is 11.7. The number of aliphatic hydroxyl groups is 1. The second kappa shape index (κ2) is 4.48. The molecule has 1 saturated heterocycles. The molecule has 0 spiro atoms. The van der Waals surface area contributed by atoms with Crippen LogP contribution in [0.5, 0.6) is 0 Å². The third-order valence-corrected chi connectivity index (χ3v) is 3.54. The standard InChI is InChI=1S/C10H14N2O3S/c1-7-8(16-6-12-7)9(13)11-4-10(14)2-3-15-5-10/h6,14H,2-5H2,1H3,(H,11,13). The molecule has 0 saturated carbocycles. The van der Waals surface area contributed by atoms with Gasteiger partial charge in [0.1, 0.15) is 10.5 Å². The highest BCUT2D eigenvalue weighted by Gasteiger charge is 2.32. The number of rotatable bonds is 3. The summed E-state index contributed by atoms with van der Waals surface area (Å²) in [4.78, 5) is 16.3. The van der Waals surface area contributed by atoms with Crippen LogP contribution < -0.4 is 5.32 Å². The van der Waals surface area contributed by atoms with E-state index in [1.54, 1.807) is 12.4 Å². The van der Waals surface area contributed by atoms with Crippen LogP contribution >= 0.6 is 11.3 Å². The van der Waals surface area contributed by atoms with Crippen LogP contribution in [0.4, 0.5) is 0 Å². The first kappa shape index (κ1) is 11.5. The molecule has 1 aromatic rings. The number of thiazole rings is 1. The monoisotopic (exact) mass is 242 g/mol. The predicted molar refractivity (Wildman–Crippen MR) is 59.6 cm³/mol. The zero-order valence-corrected chi connectivity index (χ0v) is 9.84. The van der Waals surface area contributed by atoms with E-state index in [1.165, 1.54) is 11.3 Å². The van der Waals surface area contributed by atoms with E-state index in [4.69, 9.17) is 4.74 Å². The van der Waals surface area contributed by atoms with Crippen molar-refractivity contribution in [3.63, 3.8) is 0 Å². The number of aromatic nitrogens is 1. The summed E-state index contributed by atoms with van der Waals surface area (Å²) < 4.78 is 5.10. The lowest BCUT2D eigenvalue weighted by Crippen LogP contribution is -2.43. The fourth-order valence-electron chi connectivity index (χ4n) is 1.58. The molecule has 16 heavy (non-hydrogen) atoms. The molecule has 1 aromatic heterocycles. The summed E-state index contributed by atoms with van der Waals surface area (Å²) in [5.41, 5.74) is 1.45. The van der Waals surface area contributed by atoms with Gasteiger partial charge in [-0.1, -0.05) is 0 Å². The molecular weight excluding hydrogens is 228 g/mol. The molecule has 6 heteroatoms. The summed E-state index contributed by atoms with van der Waals surface area (Å²) in [7, 11) is 0. The van der Waals surface area contributed by atoms with E-state index < -0.39 is 5.60 Å². The molecule has 2 heterocycles. The second-order valence-corrected chi connectivity index (χ2v) is 4.83. The fraction of sp³-hybridized carbons (Fsp3) is 0.600. The first-order chi connectivity index (χ1) is 7.61. The van der Waals surface area contributed by atoms with Gasteiger partial charge in [0.05, 0.1) is 17.8 Å². The van der Waals surface area contributed by atoms with E-state index in [9.17, 15) is 9.90 Å². The van der Waals surface area contributed by atoms with Crippen LogP contribution in [0, 0.1) is 6.92 Å². The van der Waals surface area contributed by atoms with Crippen molar-refractivity contribution in [3.8, 4) is 0 Å². The Morgan fingerprint density at radius 3 is 3.19 bits per heavy atom. The van der Waals surface area contributed by atoms with Crippen LogP contribution in [0.1, 0.15) is 21.8 Å². The van der Waals surface area contributed by atoms with Crippen LogP contribution in [0.2, 0.25) is 0 Å². The highest BCUT2D eigenvalue weighted by Crippen LogP contribution is 2.18. The van der Waals surface area contributed by atoms with Gasteiger partial charge in [0.15, 0.2) is 0 Å². The summed E-state index contributed by atoms with van der Waals surface area (Å²) in [5.74, 6) is -0.180. The molecule has 1 fully saturated rings. The van der Waals surface area contributed by atoms with Gasteiger partial charge >= 0.3 is 0 Å². The van der Waals surface area contributed by atoms with Gasteiger partial charge in [-0.25, -0.2) is 4.98 Å². The fourth-order valence-corrected chi connectivity index (χ4v) is 2.30. The first-order valence-electron chi connectivity index (χ1n) is 5.09. The van der Waals surface area contributed by atoms with Crippen molar-refractivity contribution >= 4 is 17.2 Å². The molecule has 88 valence electrons. The van der Waals surface area contributed by atoms with E-state index in [1.807, 2.05) is 0 Å². The highest BCUT2D eigenvalue weighted by molar-refractivity contribution is 7.11. The van der Waals surface area contributed by atoms with Crippen molar-refractivity contribution in [1.82, 2.24) is 10.3 Å². The molecule has 2 N–H and O–H groups in total. The maximum Gasteiger partial charge on any atom is 0.263 e. The Balaban J connectivity index is 1.91. The van der Waals surface area contributed by atoms with E-state index in [0.29, 0.717) is 17.9 Å².